The van der Waals surface area contributed by atoms with E-state index in [1.54, 1.807) is 17.7 Å². The summed E-state index contributed by atoms with van der Waals surface area (Å²) < 4.78 is 15.2. The van der Waals surface area contributed by atoms with Crippen molar-refractivity contribution in [2.24, 2.45) is 0 Å². The molecule has 0 fully saturated rings. The summed E-state index contributed by atoms with van der Waals surface area (Å²) in [5.41, 5.74) is 1.09. The first-order chi connectivity index (χ1) is 10.3. The summed E-state index contributed by atoms with van der Waals surface area (Å²) in [5, 5.41) is 17.0. The molecular formula is C16H18FN3O2. The van der Waals surface area contributed by atoms with Crippen molar-refractivity contribution in [3.63, 3.8) is 0 Å². The fourth-order valence-electron chi connectivity index (χ4n) is 3.08. The number of aryl methyl sites for hydroxylation is 1. The van der Waals surface area contributed by atoms with Gasteiger partial charge in [-0.2, -0.15) is 5.10 Å². The molecule has 1 aliphatic rings. The Hall–Kier alpha value is -2.37. The van der Waals surface area contributed by atoms with Crippen molar-refractivity contribution < 1.29 is 14.3 Å². The van der Waals surface area contributed by atoms with Gasteiger partial charge in [-0.15, -0.1) is 0 Å². The van der Waals surface area contributed by atoms with Crippen LogP contribution >= 0.6 is 0 Å². The molecule has 2 heterocycles. The summed E-state index contributed by atoms with van der Waals surface area (Å²) in [5.74, 6) is -0.830. The van der Waals surface area contributed by atoms with E-state index in [9.17, 15) is 14.3 Å². The van der Waals surface area contributed by atoms with Crippen LogP contribution in [0, 0.1) is 12.7 Å². The molecule has 1 unspecified atom stereocenters. The minimum Gasteiger partial charge on any atom is -0.477 e. The smallest absolute Gasteiger partial charge is 0.341 e. The standard InChI is InChI=1S/C16H18FN3O2/c1-9-13(15(21)22)14-18-12(8-16(2,3)20(14)19-9)10-5-4-6-11(17)7-10/h4-7,12,18H,8H2,1-3H3,(H,21,22). The first kappa shape index (κ1) is 14.6. The van der Waals surface area contributed by atoms with Crippen molar-refractivity contribution >= 4 is 11.8 Å². The van der Waals surface area contributed by atoms with Crippen molar-refractivity contribution in [3.05, 3.63) is 46.9 Å². The third kappa shape index (κ3) is 2.24. The second kappa shape index (κ2) is 4.83. The molecule has 1 atom stereocenters. The van der Waals surface area contributed by atoms with Gasteiger partial charge >= 0.3 is 5.97 Å². The molecule has 0 saturated heterocycles. The molecule has 0 aliphatic carbocycles. The van der Waals surface area contributed by atoms with Crippen LogP contribution in [0.5, 0.6) is 0 Å². The van der Waals surface area contributed by atoms with Crippen LogP contribution in [0.25, 0.3) is 0 Å². The second-order valence-corrected chi connectivity index (χ2v) is 6.29. The number of rotatable bonds is 2. The van der Waals surface area contributed by atoms with Crippen molar-refractivity contribution in [2.75, 3.05) is 5.32 Å². The summed E-state index contributed by atoms with van der Waals surface area (Å²) in [7, 11) is 0. The molecule has 1 aliphatic heterocycles. The molecule has 5 nitrogen and oxygen atoms in total. The normalized spacial score (nSPS) is 19.4. The molecule has 1 aromatic heterocycles. The fourth-order valence-corrected chi connectivity index (χ4v) is 3.08. The van der Waals surface area contributed by atoms with Gasteiger partial charge in [0.1, 0.15) is 17.2 Å². The summed E-state index contributed by atoms with van der Waals surface area (Å²) in [4.78, 5) is 11.5. The minimum atomic E-state index is -1.01. The number of carbonyl (C=O) groups is 1. The molecule has 22 heavy (non-hydrogen) atoms. The van der Waals surface area contributed by atoms with E-state index in [1.165, 1.54) is 12.1 Å². The number of hydrogen-bond donors (Lipinski definition) is 2. The number of nitrogens with one attached hydrogen (secondary N) is 1. The number of hydrogen-bond acceptors (Lipinski definition) is 3. The Morgan fingerprint density at radius 1 is 1.50 bits per heavy atom. The third-order valence-electron chi connectivity index (χ3n) is 4.11. The van der Waals surface area contributed by atoms with E-state index in [0.717, 1.165) is 5.56 Å². The minimum absolute atomic E-state index is 0.160. The van der Waals surface area contributed by atoms with E-state index in [-0.39, 0.29) is 23.0 Å². The van der Waals surface area contributed by atoms with Crippen molar-refractivity contribution in [3.8, 4) is 0 Å². The molecule has 116 valence electrons. The van der Waals surface area contributed by atoms with Crippen LogP contribution < -0.4 is 5.32 Å². The summed E-state index contributed by atoms with van der Waals surface area (Å²) >= 11 is 0. The fraction of sp³-hybridized carbons (Fsp3) is 0.375. The van der Waals surface area contributed by atoms with Gasteiger partial charge in [-0.05, 0) is 44.9 Å². The summed E-state index contributed by atoms with van der Waals surface area (Å²) in [6.45, 7) is 5.69. The van der Waals surface area contributed by atoms with Crippen LogP contribution in [0.2, 0.25) is 0 Å². The predicted molar refractivity (Wildman–Crippen MR) is 80.6 cm³/mol. The topological polar surface area (TPSA) is 67.2 Å². The molecule has 0 bridgehead atoms. The van der Waals surface area contributed by atoms with Crippen molar-refractivity contribution in [1.82, 2.24) is 9.78 Å². The first-order valence-corrected chi connectivity index (χ1v) is 7.15. The number of halogens is 1. The molecule has 6 heteroatoms. The van der Waals surface area contributed by atoms with Gasteiger partial charge < -0.3 is 10.4 Å². The van der Waals surface area contributed by atoms with Crippen molar-refractivity contribution in [2.45, 2.75) is 38.8 Å². The van der Waals surface area contributed by atoms with Crippen LogP contribution in [0.15, 0.2) is 24.3 Å². The maximum Gasteiger partial charge on any atom is 0.341 e. The molecule has 0 saturated carbocycles. The third-order valence-corrected chi connectivity index (χ3v) is 4.11. The SMILES string of the molecule is Cc1nn2c(c1C(=O)O)NC(c1cccc(F)c1)CC2(C)C. The highest BCUT2D eigenvalue weighted by molar-refractivity contribution is 5.94. The maximum atomic E-state index is 13.5. The van der Waals surface area contributed by atoms with Crippen LogP contribution in [-0.4, -0.2) is 20.9 Å². The van der Waals surface area contributed by atoms with Gasteiger partial charge in [0, 0.05) is 0 Å². The molecule has 0 radical (unpaired) electrons. The highest BCUT2D eigenvalue weighted by Gasteiger charge is 2.37. The average Bonchev–Trinajstić information content (AvgIpc) is 2.75. The lowest BCUT2D eigenvalue weighted by atomic mass is 9.89. The number of benzene rings is 1. The summed E-state index contributed by atoms with van der Waals surface area (Å²) in [6, 6.07) is 6.22. The van der Waals surface area contributed by atoms with E-state index in [4.69, 9.17) is 0 Å². The molecule has 0 amide bonds. The highest BCUT2D eigenvalue weighted by Crippen LogP contribution is 2.40. The largest absolute Gasteiger partial charge is 0.477 e. The van der Waals surface area contributed by atoms with Gasteiger partial charge in [0.25, 0.3) is 0 Å². The van der Waals surface area contributed by atoms with Gasteiger partial charge in [0.2, 0.25) is 0 Å². The lowest BCUT2D eigenvalue weighted by Crippen LogP contribution is -2.38. The molecule has 1 aromatic carbocycles. The summed E-state index contributed by atoms with van der Waals surface area (Å²) in [6.07, 6.45) is 0.684. The Labute approximate surface area is 127 Å². The lowest BCUT2D eigenvalue weighted by Gasteiger charge is -2.38. The second-order valence-electron chi connectivity index (χ2n) is 6.29. The Morgan fingerprint density at radius 2 is 2.23 bits per heavy atom. The van der Waals surface area contributed by atoms with Crippen molar-refractivity contribution in [1.29, 1.82) is 0 Å². The van der Waals surface area contributed by atoms with Gasteiger partial charge in [0.05, 0.1) is 17.3 Å². The zero-order chi connectivity index (χ0) is 16.1. The van der Waals surface area contributed by atoms with Gasteiger partial charge in [0.15, 0.2) is 0 Å². The van der Waals surface area contributed by atoms with Gasteiger partial charge in [-0.3, -0.25) is 0 Å². The zero-order valence-corrected chi connectivity index (χ0v) is 12.7. The van der Waals surface area contributed by atoms with Crippen LogP contribution in [0.1, 0.15) is 47.9 Å². The van der Waals surface area contributed by atoms with E-state index < -0.39 is 5.97 Å². The number of anilines is 1. The van der Waals surface area contributed by atoms with E-state index in [1.807, 2.05) is 19.9 Å². The Bertz CT molecular complexity index is 752. The number of fused-ring (bicyclic) bond motifs is 1. The Morgan fingerprint density at radius 3 is 2.86 bits per heavy atom. The molecule has 3 rings (SSSR count). The number of carboxylic acids is 1. The molecule has 0 spiro atoms. The number of aromatic carboxylic acids is 1. The zero-order valence-electron chi connectivity index (χ0n) is 12.7. The quantitative estimate of drug-likeness (QED) is 0.893. The number of carboxylic acid groups (broad SMARTS) is 1. The van der Waals surface area contributed by atoms with E-state index in [0.29, 0.717) is 17.9 Å². The monoisotopic (exact) mass is 303 g/mol. The Balaban J connectivity index is 2.10. The van der Waals surface area contributed by atoms with Crippen LogP contribution in [-0.2, 0) is 5.54 Å². The van der Waals surface area contributed by atoms with Gasteiger partial charge in [-0.25, -0.2) is 13.9 Å². The lowest BCUT2D eigenvalue weighted by molar-refractivity contribution is 0.0696. The van der Waals surface area contributed by atoms with Gasteiger partial charge in [-0.1, -0.05) is 12.1 Å². The molecule has 2 aromatic rings. The average molecular weight is 303 g/mol. The van der Waals surface area contributed by atoms with E-state index in [2.05, 4.69) is 10.4 Å². The molecule has 2 N–H and O–H groups in total. The highest BCUT2D eigenvalue weighted by atomic mass is 19.1. The number of nitrogens with zero attached hydrogens (tertiary/aromatic N) is 2. The van der Waals surface area contributed by atoms with Crippen LogP contribution in [0.3, 0.4) is 0 Å². The van der Waals surface area contributed by atoms with E-state index >= 15 is 0 Å². The molecular weight excluding hydrogens is 285 g/mol. The Kier molecular flexibility index (Phi) is 3.20. The maximum absolute atomic E-state index is 13.5. The van der Waals surface area contributed by atoms with Crippen LogP contribution in [0.4, 0.5) is 10.2 Å². The number of aromatic nitrogens is 2. The predicted octanol–water partition coefficient (Wildman–Crippen LogP) is 3.32. The first-order valence-electron chi connectivity index (χ1n) is 7.15.